The summed E-state index contributed by atoms with van der Waals surface area (Å²) in [6.45, 7) is 2.25. The van der Waals surface area contributed by atoms with E-state index in [0.29, 0.717) is 11.3 Å². The third-order valence-corrected chi connectivity index (χ3v) is 5.73. The molecule has 0 fully saturated rings. The van der Waals surface area contributed by atoms with Crippen molar-refractivity contribution in [3.63, 3.8) is 0 Å². The Morgan fingerprint density at radius 3 is 2.41 bits per heavy atom. The highest BCUT2D eigenvalue weighted by Crippen LogP contribution is 2.37. The summed E-state index contributed by atoms with van der Waals surface area (Å²) in [7, 11) is 0. The topological polar surface area (TPSA) is 37.3 Å². The number of halogens is 2. The molecule has 5 rings (SSSR count). The summed E-state index contributed by atoms with van der Waals surface area (Å²) in [6, 6.07) is 21.4. The summed E-state index contributed by atoms with van der Waals surface area (Å²) in [5.41, 5.74) is 4.71. The molecule has 1 aromatic heterocycles. The molecular formula is C26H21F2N3O. The molecule has 1 aliphatic heterocycles. The molecular weight excluding hydrogens is 408 g/mol. The molecule has 0 unspecified atom stereocenters. The number of aromatic nitrogens is 1. The van der Waals surface area contributed by atoms with Crippen LogP contribution in [0.15, 0.2) is 85.1 Å². The first-order valence-electron chi connectivity index (χ1n) is 10.4. The Balaban J connectivity index is 1.65. The molecule has 4 nitrogen and oxygen atoms in total. The van der Waals surface area contributed by atoms with Crippen LogP contribution in [0.1, 0.15) is 28.4 Å². The van der Waals surface area contributed by atoms with Gasteiger partial charge in [-0.05, 0) is 60.5 Å². The van der Waals surface area contributed by atoms with Crippen molar-refractivity contribution in [2.24, 2.45) is 0 Å². The predicted octanol–water partition coefficient (Wildman–Crippen LogP) is 6.20. The zero-order chi connectivity index (χ0) is 22.2. The van der Waals surface area contributed by atoms with Gasteiger partial charge in [-0.1, -0.05) is 35.9 Å². The van der Waals surface area contributed by atoms with Crippen molar-refractivity contribution in [3.05, 3.63) is 119 Å². The van der Waals surface area contributed by atoms with Gasteiger partial charge >= 0.3 is 6.03 Å². The molecule has 1 atom stereocenters. The van der Waals surface area contributed by atoms with Gasteiger partial charge in [-0.3, -0.25) is 0 Å². The van der Waals surface area contributed by atoms with E-state index in [-0.39, 0.29) is 12.6 Å². The molecule has 0 saturated heterocycles. The second kappa shape index (κ2) is 7.96. The van der Waals surface area contributed by atoms with Gasteiger partial charge in [-0.15, -0.1) is 0 Å². The van der Waals surface area contributed by atoms with Crippen LogP contribution in [-0.2, 0) is 6.54 Å². The number of amides is 2. The molecule has 1 aliphatic rings. The smallest absolute Gasteiger partial charge is 0.318 e. The van der Waals surface area contributed by atoms with E-state index in [1.54, 1.807) is 4.90 Å². The lowest BCUT2D eigenvalue weighted by Crippen LogP contribution is -2.38. The van der Waals surface area contributed by atoms with E-state index in [1.807, 2.05) is 78.4 Å². The van der Waals surface area contributed by atoms with Crippen LogP contribution in [0, 0.1) is 18.6 Å². The van der Waals surface area contributed by atoms with Gasteiger partial charge in [-0.2, -0.15) is 0 Å². The van der Waals surface area contributed by atoms with Gasteiger partial charge < -0.3 is 14.8 Å². The molecule has 0 aliphatic carbocycles. The first-order chi connectivity index (χ1) is 15.5. The van der Waals surface area contributed by atoms with Crippen LogP contribution in [-0.4, -0.2) is 15.5 Å². The second-order valence-electron chi connectivity index (χ2n) is 7.96. The monoisotopic (exact) mass is 429 g/mol. The lowest BCUT2D eigenvalue weighted by Gasteiger charge is -2.31. The fourth-order valence-electron chi connectivity index (χ4n) is 4.26. The molecule has 4 aromatic rings. The summed E-state index contributed by atoms with van der Waals surface area (Å²) in [5, 5.41) is 2.94. The van der Waals surface area contributed by atoms with Crippen molar-refractivity contribution < 1.29 is 13.6 Å². The minimum Gasteiger partial charge on any atom is -0.318 e. The van der Waals surface area contributed by atoms with Crippen LogP contribution in [0.3, 0.4) is 0 Å². The lowest BCUT2D eigenvalue weighted by atomic mass is 10.0. The number of nitrogens with one attached hydrogen (secondary N) is 1. The van der Waals surface area contributed by atoms with Crippen molar-refractivity contribution in [2.75, 3.05) is 5.32 Å². The zero-order valence-electron chi connectivity index (χ0n) is 17.4. The maximum atomic E-state index is 14.2. The van der Waals surface area contributed by atoms with Crippen LogP contribution in [0.5, 0.6) is 0 Å². The van der Waals surface area contributed by atoms with E-state index in [4.69, 9.17) is 0 Å². The number of hydrogen-bond donors (Lipinski definition) is 1. The van der Waals surface area contributed by atoms with Gasteiger partial charge in [0, 0.05) is 23.6 Å². The van der Waals surface area contributed by atoms with Crippen molar-refractivity contribution >= 4 is 11.7 Å². The predicted molar refractivity (Wildman–Crippen MR) is 120 cm³/mol. The van der Waals surface area contributed by atoms with Crippen molar-refractivity contribution in [2.45, 2.75) is 19.5 Å². The summed E-state index contributed by atoms with van der Waals surface area (Å²) >= 11 is 0. The molecule has 1 N–H and O–H groups in total. The second-order valence-corrected chi connectivity index (χ2v) is 7.96. The molecule has 3 aromatic carbocycles. The fraction of sp³-hybridized carbons (Fsp3) is 0.115. The first-order valence-corrected chi connectivity index (χ1v) is 10.4. The molecule has 0 saturated carbocycles. The molecule has 0 spiro atoms. The van der Waals surface area contributed by atoms with Crippen molar-refractivity contribution in [1.29, 1.82) is 0 Å². The standard InChI is InChI=1S/C26H21F2N3O/c1-17-8-10-22(11-9-17)29-26(32)31-16-18-5-2-3-6-23(18)30-12-4-7-24(30)25(31)19-13-20(27)15-21(28)14-19/h2-15,25H,16H2,1H3,(H,29,32)/t25-/m1/s1. The van der Waals surface area contributed by atoms with Crippen LogP contribution >= 0.6 is 0 Å². The number of para-hydroxylation sites is 1. The molecule has 2 heterocycles. The Morgan fingerprint density at radius 1 is 0.938 bits per heavy atom. The third kappa shape index (κ3) is 3.64. The molecule has 6 heteroatoms. The quantitative estimate of drug-likeness (QED) is 0.405. The van der Waals surface area contributed by atoms with Gasteiger partial charge in [0.25, 0.3) is 0 Å². The maximum Gasteiger partial charge on any atom is 0.322 e. The van der Waals surface area contributed by atoms with Crippen LogP contribution in [0.25, 0.3) is 5.69 Å². The molecule has 32 heavy (non-hydrogen) atoms. The highest BCUT2D eigenvalue weighted by molar-refractivity contribution is 5.90. The number of hydrogen-bond acceptors (Lipinski definition) is 1. The summed E-state index contributed by atoms with van der Waals surface area (Å²) in [5.74, 6) is -1.36. The number of benzene rings is 3. The average Bonchev–Trinajstić information content (AvgIpc) is 3.18. The minimum atomic E-state index is -0.687. The van der Waals surface area contributed by atoms with Crippen LogP contribution in [0.2, 0.25) is 0 Å². The molecule has 160 valence electrons. The van der Waals surface area contributed by atoms with Crippen LogP contribution < -0.4 is 5.32 Å². The maximum absolute atomic E-state index is 14.2. The number of carbonyl (C=O) groups is 1. The molecule has 0 radical (unpaired) electrons. The number of fused-ring (bicyclic) bond motifs is 3. The Labute approximate surface area is 184 Å². The first kappa shape index (κ1) is 20.0. The van der Waals surface area contributed by atoms with Crippen molar-refractivity contribution in [3.8, 4) is 5.69 Å². The summed E-state index contributed by atoms with van der Waals surface area (Å²) in [6.07, 6.45) is 1.90. The summed E-state index contributed by atoms with van der Waals surface area (Å²) < 4.78 is 30.4. The Kier molecular flexibility index (Phi) is 4.98. The largest absolute Gasteiger partial charge is 0.322 e. The molecule has 2 amide bonds. The van der Waals surface area contributed by atoms with E-state index in [9.17, 15) is 13.6 Å². The Morgan fingerprint density at radius 2 is 1.66 bits per heavy atom. The van der Waals surface area contributed by atoms with E-state index < -0.39 is 17.7 Å². The fourth-order valence-corrected chi connectivity index (χ4v) is 4.26. The minimum absolute atomic E-state index is 0.276. The van der Waals surface area contributed by atoms with E-state index in [2.05, 4.69) is 5.32 Å². The number of rotatable bonds is 2. The number of anilines is 1. The zero-order valence-corrected chi connectivity index (χ0v) is 17.4. The Hall–Kier alpha value is -3.93. The summed E-state index contributed by atoms with van der Waals surface area (Å²) in [4.78, 5) is 15.1. The Bertz CT molecular complexity index is 1280. The van der Waals surface area contributed by atoms with E-state index in [0.717, 1.165) is 28.6 Å². The van der Waals surface area contributed by atoms with Gasteiger partial charge in [0.2, 0.25) is 0 Å². The van der Waals surface area contributed by atoms with Gasteiger partial charge in [0.1, 0.15) is 11.6 Å². The van der Waals surface area contributed by atoms with Gasteiger partial charge in [-0.25, -0.2) is 13.6 Å². The van der Waals surface area contributed by atoms with Crippen LogP contribution in [0.4, 0.5) is 19.3 Å². The highest BCUT2D eigenvalue weighted by Gasteiger charge is 2.33. The molecule has 0 bridgehead atoms. The van der Waals surface area contributed by atoms with Crippen molar-refractivity contribution in [1.82, 2.24) is 9.47 Å². The third-order valence-electron chi connectivity index (χ3n) is 5.73. The van der Waals surface area contributed by atoms with Gasteiger partial charge in [0.05, 0.1) is 18.3 Å². The van der Waals surface area contributed by atoms with E-state index in [1.165, 1.54) is 12.1 Å². The normalized spacial score (nSPS) is 15.0. The SMILES string of the molecule is Cc1ccc(NC(=O)N2Cc3ccccc3-n3cccc3[C@H]2c2cc(F)cc(F)c2)cc1. The lowest BCUT2D eigenvalue weighted by molar-refractivity contribution is 0.194. The number of aryl methyl sites for hydroxylation is 1. The highest BCUT2D eigenvalue weighted by atomic mass is 19.1. The average molecular weight is 429 g/mol. The number of nitrogens with zero attached hydrogens (tertiary/aromatic N) is 2. The number of urea groups is 1. The van der Waals surface area contributed by atoms with E-state index >= 15 is 0 Å². The number of carbonyl (C=O) groups excluding carboxylic acids is 1. The van der Waals surface area contributed by atoms with Gasteiger partial charge in [0.15, 0.2) is 0 Å².